The van der Waals surface area contributed by atoms with Crippen LogP contribution in [0.2, 0.25) is 0 Å². The zero-order valence-electron chi connectivity index (χ0n) is 12.4. The van der Waals surface area contributed by atoms with E-state index in [1.807, 2.05) is 30.9 Å². The van der Waals surface area contributed by atoms with Gasteiger partial charge in [-0.3, -0.25) is 0 Å². The first-order valence-electron chi connectivity index (χ1n) is 7.07. The fourth-order valence-electron chi connectivity index (χ4n) is 2.51. The summed E-state index contributed by atoms with van der Waals surface area (Å²) in [5.74, 6) is 0.890. The summed E-state index contributed by atoms with van der Waals surface area (Å²) in [6, 6.07) is 5.39. The molecule has 1 atom stereocenters. The van der Waals surface area contributed by atoms with Crippen molar-refractivity contribution in [3.63, 3.8) is 0 Å². The number of hydrogen-bond donors (Lipinski definition) is 1. The Balaban J connectivity index is 2.12. The maximum atomic E-state index is 13.6. The molecule has 20 heavy (non-hydrogen) atoms. The third-order valence-corrected chi connectivity index (χ3v) is 3.49. The zero-order chi connectivity index (χ0) is 14.5. The molecule has 1 aromatic heterocycles. The summed E-state index contributed by atoms with van der Waals surface area (Å²) >= 11 is 0. The van der Waals surface area contributed by atoms with E-state index in [0.717, 1.165) is 36.3 Å². The zero-order valence-corrected chi connectivity index (χ0v) is 12.4. The van der Waals surface area contributed by atoms with Gasteiger partial charge < -0.3 is 9.88 Å². The molecule has 0 radical (unpaired) electrons. The van der Waals surface area contributed by atoms with Crippen LogP contribution in [0.1, 0.15) is 36.3 Å². The van der Waals surface area contributed by atoms with Crippen molar-refractivity contribution >= 4 is 0 Å². The standard InChI is InChI=1S/C16H22FN3/c1-4-18-15(5-6-16-19-7-8-20(16)3)13-9-12(2)10-14(17)11-13/h7-11,15,18H,4-6H2,1-3H3. The number of hydrogen-bond acceptors (Lipinski definition) is 2. The monoisotopic (exact) mass is 275 g/mol. The van der Waals surface area contributed by atoms with Crippen LogP contribution in [0.3, 0.4) is 0 Å². The molecule has 4 heteroatoms. The lowest BCUT2D eigenvalue weighted by Crippen LogP contribution is -2.22. The van der Waals surface area contributed by atoms with Gasteiger partial charge in [0.25, 0.3) is 0 Å². The second-order valence-electron chi connectivity index (χ2n) is 5.17. The lowest BCUT2D eigenvalue weighted by molar-refractivity contribution is 0.501. The average Bonchev–Trinajstić information content (AvgIpc) is 2.79. The van der Waals surface area contributed by atoms with Crippen LogP contribution in [0.4, 0.5) is 4.39 Å². The van der Waals surface area contributed by atoms with Gasteiger partial charge in [0.1, 0.15) is 11.6 Å². The van der Waals surface area contributed by atoms with Gasteiger partial charge in [0, 0.05) is 31.9 Å². The van der Waals surface area contributed by atoms with Gasteiger partial charge in [-0.1, -0.05) is 13.0 Å². The first kappa shape index (κ1) is 14.7. The molecule has 0 fully saturated rings. The van der Waals surface area contributed by atoms with E-state index in [0.29, 0.717) is 0 Å². The summed E-state index contributed by atoms with van der Waals surface area (Å²) in [6.45, 7) is 4.86. The van der Waals surface area contributed by atoms with Gasteiger partial charge in [-0.25, -0.2) is 9.37 Å². The lowest BCUT2D eigenvalue weighted by atomic mass is 9.99. The van der Waals surface area contributed by atoms with Crippen LogP contribution in [0.15, 0.2) is 30.6 Å². The normalized spacial score (nSPS) is 12.6. The molecule has 0 saturated carbocycles. The molecule has 0 aliphatic carbocycles. The highest BCUT2D eigenvalue weighted by Crippen LogP contribution is 2.21. The maximum absolute atomic E-state index is 13.6. The molecule has 108 valence electrons. The Labute approximate surface area is 119 Å². The molecule has 1 heterocycles. The van der Waals surface area contributed by atoms with Crippen LogP contribution in [0.5, 0.6) is 0 Å². The van der Waals surface area contributed by atoms with E-state index in [-0.39, 0.29) is 11.9 Å². The van der Waals surface area contributed by atoms with Crippen LogP contribution in [0, 0.1) is 12.7 Å². The van der Waals surface area contributed by atoms with Crippen LogP contribution in [-0.4, -0.2) is 16.1 Å². The van der Waals surface area contributed by atoms with Crippen molar-refractivity contribution in [3.8, 4) is 0 Å². The van der Waals surface area contributed by atoms with Gasteiger partial charge in [-0.05, 0) is 43.1 Å². The summed E-state index contributed by atoms with van der Waals surface area (Å²) < 4.78 is 15.6. The number of rotatable bonds is 6. The molecule has 2 aromatic rings. The molecular formula is C16H22FN3. The third kappa shape index (κ3) is 3.67. The number of aryl methyl sites for hydroxylation is 3. The minimum absolute atomic E-state index is 0.158. The molecule has 1 unspecified atom stereocenters. The molecule has 0 amide bonds. The molecule has 0 aliphatic rings. The SMILES string of the molecule is CCNC(CCc1nccn1C)c1cc(C)cc(F)c1. The maximum Gasteiger partial charge on any atom is 0.123 e. The molecular weight excluding hydrogens is 253 g/mol. The lowest BCUT2D eigenvalue weighted by Gasteiger charge is -2.19. The van der Waals surface area contributed by atoms with Crippen LogP contribution in [-0.2, 0) is 13.5 Å². The molecule has 0 spiro atoms. The van der Waals surface area contributed by atoms with E-state index in [4.69, 9.17) is 0 Å². The van der Waals surface area contributed by atoms with Crippen molar-refractivity contribution in [1.29, 1.82) is 0 Å². The first-order chi connectivity index (χ1) is 9.60. The number of imidazole rings is 1. The van der Waals surface area contributed by atoms with E-state index in [1.54, 1.807) is 12.1 Å². The minimum atomic E-state index is -0.167. The molecule has 0 saturated heterocycles. The summed E-state index contributed by atoms with van der Waals surface area (Å²) in [7, 11) is 2.00. The smallest absolute Gasteiger partial charge is 0.123 e. The van der Waals surface area contributed by atoms with Gasteiger partial charge in [-0.15, -0.1) is 0 Å². The Bertz CT molecular complexity index is 542. The predicted molar refractivity (Wildman–Crippen MR) is 79.1 cm³/mol. The van der Waals surface area contributed by atoms with Crippen molar-refractivity contribution in [1.82, 2.24) is 14.9 Å². The molecule has 0 aliphatic heterocycles. The first-order valence-corrected chi connectivity index (χ1v) is 7.07. The van der Waals surface area contributed by atoms with E-state index in [1.165, 1.54) is 0 Å². The number of aromatic nitrogens is 2. The summed E-state index contributed by atoms with van der Waals surface area (Å²) in [6.07, 6.45) is 5.53. The van der Waals surface area contributed by atoms with Gasteiger partial charge in [0.15, 0.2) is 0 Å². The summed E-state index contributed by atoms with van der Waals surface area (Å²) in [5, 5.41) is 3.43. The van der Waals surface area contributed by atoms with Crippen molar-refractivity contribution in [2.24, 2.45) is 7.05 Å². The van der Waals surface area contributed by atoms with E-state index in [9.17, 15) is 4.39 Å². The van der Waals surface area contributed by atoms with Gasteiger partial charge in [0.05, 0.1) is 0 Å². The van der Waals surface area contributed by atoms with E-state index in [2.05, 4.69) is 23.3 Å². The largest absolute Gasteiger partial charge is 0.338 e. The number of benzene rings is 1. The fraction of sp³-hybridized carbons (Fsp3) is 0.438. The van der Waals surface area contributed by atoms with E-state index >= 15 is 0 Å². The topological polar surface area (TPSA) is 29.9 Å². The van der Waals surface area contributed by atoms with Crippen LogP contribution < -0.4 is 5.32 Å². The molecule has 3 nitrogen and oxygen atoms in total. The number of halogens is 1. The number of nitrogens with zero attached hydrogens (tertiary/aromatic N) is 2. The molecule has 1 N–H and O–H groups in total. The van der Waals surface area contributed by atoms with Crippen LogP contribution in [0.25, 0.3) is 0 Å². The molecule has 0 bridgehead atoms. The van der Waals surface area contributed by atoms with Gasteiger partial charge in [0.2, 0.25) is 0 Å². The fourth-order valence-corrected chi connectivity index (χ4v) is 2.51. The van der Waals surface area contributed by atoms with Crippen molar-refractivity contribution in [2.75, 3.05) is 6.54 Å². The Hall–Kier alpha value is -1.68. The molecule has 1 aromatic carbocycles. The van der Waals surface area contributed by atoms with Crippen molar-refractivity contribution in [2.45, 2.75) is 32.7 Å². The van der Waals surface area contributed by atoms with Gasteiger partial charge >= 0.3 is 0 Å². The quantitative estimate of drug-likeness (QED) is 0.877. The second kappa shape index (κ2) is 6.66. The summed E-state index contributed by atoms with van der Waals surface area (Å²) in [5.41, 5.74) is 1.97. The van der Waals surface area contributed by atoms with Crippen molar-refractivity contribution < 1.29 is 4.39 Å². The Kier molecular flexibility index (Phi) is 4.90. The highest BCUT2D eigenvalue weighted by molar-refractivity contribution is 5.26. The Morgan fingerprint density at radius 3 is 2.75 bits per heavy atom. The highest BCUT2D eigenvalue weighted by Gasteiger charge is 2.13. The highest BCUT2D eigenvalue weighted by atomic mass is 19.1. The predicted octanol–water partition coefficient (Wildman–Crippen LogP) is 3.15. The van der Waals surface area contributed by atoms with Gasteiger partial charge in [-0.2, -0.15) is 0 Å². The minimum Gasteiger partial charge on any atom is -0.338 e. The van der Waals surface area contributed by atoms with E-state index < -0.39 is 0 Å². The second-order valence-corrected chi connectivity index (χ2v) is 5.17. The average molecular weight is 275 g/mol. The Morgan fingerprint density at radius 2 is 2.15 bits per heavy atom. The third-order valence-electron chi connectivity index (χ3n) is 3.49. The summed E-state index contributed by atoms with van der Waals surface area (Å²) in [4.78, 5) is 4.34. The van der Waals surface area contributed by atoms with Crippen LogP contribution >= 0.6 is 0 Å². The molecule has 2 rings (SSSR count). The van der Waals surface area contributed by atoms with Crippen molar-refractivity contribution in [3.05, 3.63) is 53.4 Å². The number of nitrogens with one attached hydrogen (secondary N) is 1. The Morgan fingerprint density at radius 1 is 1.35 bits per heavy atom.